The highest BCUT2D eigenvalue weighted by Gasteiger charge is 2.12. The average Bonchev–Trinajstić information content (AvgIpc) is 2.41. The number of hydrogen-bond acceptors (Lipinski definition) is 2. The molecule has 2 rings (SSSR count). The van der Waals surface area contributed by atoms with Crippen LogP contribution in [0.1, 0.15) is 10.4 Å². The number of carbonyl (C=O) groups excluding carboxylic acids is 1. The van der Waals surface area contributed by atoms with E-state index in [1.54, 1.807) is 0 Å². The quantitative estimate of drug-likeness (QED) is 0.872. The molecule has 0 aromatic heterocycles. The van der Waals surface area contributed by atoms with Crippen molar-refractivity contribution in [2.24, 2.45) is 0 Å². The van der Waals surface area contributed by atoms with Gasteiger partial charge in [-0.15, -0.1) is 0 Å². The first-order valence-corrected chi connectivity index (χ1v) is 5.77. The number of benzene rings is 2. The fraction of sp³-hybridized carbons (Fsp3) is 0.0714. The van der Waals surface area contributed by atoms with E-state index in [-0.39, 0.29) is 17.0 Å². The summed E-state index contributed by atoms with van der Waals surface area (Å²) in [4.78, 5) is 11.9. The van der Waals surface area contributed by atoms with Gasteiger partial charge in [0.1, 0.15) is 17.4 Å². The summed E-state index contributed by atoms with van der Waals surface area (Å²) >= 11 is 0. The molecule has 0 fully saturated rings. The minimum atomic E-state index is -3.02. The first-order chi connectivity index (χ1) is 9.95. The van der Waals surface area contributed by atoms with Gasteiger partial charge in [-0.3, -0.25) is 4.79 Å². The first kappa shape index (κ1) is 14.8. The normalized spacial score (nSPS) is 10.5. The Morgan fingerprint density at radius 1 is 1.10 bits per heavy atom. The van der Waals surface area contributed by atoms with E-state index >= 15 is 0 Å². The van der Waals surface area contributed by atoms with Gasteiger partial charge in [0.25, 0.3) is 5.91 Å². The van der Waals surface area contributed by atoms with Gasteiger partial charge in [-0.2, -0.15) is 8.78 Å². The minimum Gasteiger partial charge on any atom is -0.435 e. The van der Waals surface area contributed by atoms with Crippen LogP contribution in [0, 0.1) is 11.6 Å². The number of carbonyl (C=O) groups is 1. The van der Waals surface area contributed by atoms with Gasteiger partial charge >= 0.3 is 6.61 Å². The molecule has 110 valence electrons. The van der Waals surface area contributed by atoms with E-state index in [0.29, 0.717) is 6.07 Å². The molecule has 1 N–H and O–H groups in total. The van der Waals surface area contributed by atoms with Crippen molar-refractivity contribution in [2.45, 2.75) is 6.61 Å². The minimum absolute atomic E-state index is 0.00289. The highest BCUT2D eigenvalue weighted by atomic mass is 19.3. The van der Waals surface area contributed by atoms with E-state index in [0.717, 1.165) is 18.2 Å². The summed E-state index contributed by atoms with van der Waals surface area (Å²) in [7, 11) is 0. The van der Waals surface area contributed by atoms with Crippen LogP contribution >= 0.6 is 0 Å². The molecule has 0 saturated carbocycles. The number of hydrogen-bond donors (Lipinski definition) is 1. The molecule has 0 unspecified atom stereocenters. The standard InChI is InChI=1S/C14H9F4NO2/c15-9-4-5-12(11(16)7-9)19-13(20)8-2-1-3-10(6-8)21-14(17)18/h1-7,14H,(H,19,20). The molecular formula is C14H9F4NO2. The summed E-state index contributed by atoms with van der Waals surface area (Å²) in [6.45, 7) is -3.02. The Labute approximate surface area is 117 Å². The van der Waals surface area contributed by atoms with Crippen molar-refractivity contribution in [2.75, 3.05) is 5.32 Å². The Balaban J connectivity index is 2.16. The van der Waals surface area contributed by atoms with E-state index in [2.05, 4.69) is 10.1 Å². The number of amides is 1. The Hall–Kier alpha value is -2.57. The Morgan fingerprint density at radius 2 is 1.86 bits per heavy atom. The SMILES string of the molecule is O=C(Nc1ccc(F)cc1F)c1cccc(OC(F)F)c1. The zero-order valence-electron chi connectivity index (χ0n) is 10.4. The molecule has 0 atom stereocenters. The van der Waals surface area contributed by atoms with Crippen LogP contribution in [0.15, 0.2) is 42.5 Å². The Morgan fingerprint density at radius 3 is 2.52 bits per heavy atom. The molecule has 0 radical (unpaired) electrons. The van der Waals surface area contributed by atoms with Gasteiger partial charge in [-0.25, -0.2) is 8.78 Å². The topological polar surface area (TPSA) is 38.3 Å². The maximum atomic E-state index is 13.4. The summed E-state index contributed by atoms with van der Waals surface area (Å²) in [5.41, 5.74) is -0.224. The van der Waals surface area contributed by atoms with Gasteiger partial charge in [0.15, 0.2) is 0 Å². The van der Waals surface area contributed by atoms with Gasteiger partial charge < -0.3 is 10.1 Å². The number of halogens is 4. The monoisotopic (exact) mass is 299 g/mol. The van der Waals surface area contributed by atoms with Crippen molar-refractivity contribution >= 4 is 11.6 Å². The molecule has 1 amide bonds. The molecule has 0 heterocycles. The number of anilines is 1. The molecular weight excluding hydrogens is 290 g/mol. The molecule has 21 heavy (non-hydrogen) atoms. The number of alkyl halides is 2. The molecule has 3 nitrogen and oxygen atoms in total. The molecule has 0 aliphatic rings. The smallest absolute Gasteiger partial charge is 0.387 e. The fourth-order valence-electron chi connectivity index (χ4n) is 1.60. The van der Waals surface area contributed by atoms with Gasteiger partial charge in [0.05, 0.1) is 5.69 Å². The molecule has 2 aromatic carbocycles. The van der Waals surface area contributed by atoms with Crippen LogP contribution in [0.2, 0.25) is 0 Å². The first-order valence-electron chi connectivity index (χ1n) is 5.77. The van der Waals surface area contributed by atoms with Crippen molar-refractivity contribution in [3.8, 4) is 5.75 Å². The maximum absolute atomic E-state index is 13.4. The molecule has 0 saturated heterocycles. The van der Waals surface area contributed by atoms with Crippen molar-refractivity contribution in [1.82, 2.24) is 0 Å². The van der Waals surface area contributed by atoms with Crippen LogP contribution in [0.3, 0.4) is 0 Å². The van der Waals surface area contributed by atoms with Crippen molar-refractivity contribution in [1.29, 1.82) is 0 Å². The van der Waals surface area contributed by atoms with Crippen LogP contribution in [0.4, 0.5) is 23.2 Å². The molecule has 7 heteroatoms. The van der Waals surface area contributed by atoms with Crippen LogP contribution in [0.5, 0.6) is 5.75 Å². The predicted octanol–water partition coefficient (Wildman–Crippen LogP) is 3.82. The summed E-state index contributed by atoms with van der Waals surface area (Å²) in [5.74, 6) is -2.65. The Bertz CT molecular complexity index is 661. The van der Waals surface area contributed by atoms with Crippen LogP contribution in [-0.4, -0.2) is 12.5 Å². The van der Waals surface area contributed by atoms with E-state index in [4.69, 9.17) is 0 Å². The third kappa shape index (κ3) is 3.95. The molecule has 2 aromatic rings. The lowest BCUT2D eigenvalue weighted by Crippen LogP contribution is -2.13. The van der Waals surface area contributed by atoms with Crippen molar-refractivity contribution in [3.63, 3.8) is 0 Å². The zero-order chi connectivity index (χ0) is 15.4. The second-order valence-electron chi connectivity index (χ2n) is 3.98. The Kier molecular flexibility index (Phi) is 4.42. The fourth-order valence-corrected chi connectivity index (χ4v) is 1.60. The van der Waals surface area contributed by atoms with Crippen molar-refractivity contribution in [3.05, 3.63) is 59.7 Å². The van der Waals surface area contributed by atoms with Gasteiger partial charge in [0, 0.05) is 11.6 Å². The maximum Gasteiger partial charge on any atom is 0.387 e. The van der Waals surface area contributed by atoms with Gasteiger partial charge in [0.2, 0.25) is 0 Å². The second-order valence-corrected chi connectivity index (χ2v) is 3.98. The van der Waals surface area contributed by atoms with Crippen molar-refractivity contribution < 1.29 is 27.1 Å². The summed E-state index contributed by atoms with van der Waals surface area (Å²) in [6.07, 6.45) is 0. The van der Waals surface area contributed by atoms with E-state index in [1.807, 2.05) is 0 Å². The number of rotatable bonds is 4. The second kappa shape index (κ2) is 6.25. The summed E-state index contributed by atoms with van der Waals surface area (Å²) in [6, 6.07) is 7.68. The molecule has 0 aliphatic carbocycles. The largest absolute Gasteiger partial charge is 0.435 e. The van der Waals surface area contributed by atoms with E-state index in [1.165, 1.54) is 18.2 Å². The van der Waals surface area contributed by atoms with E-state index in [9.17, 15) is 22.4 Å². The lowest BCUT2D eigenvalue weighted by atomic mass is 10.2. The third-order valence-electron chi connectivity index (χ3n) is 2.50. The van der Waals surface area contributed by atoms with Gasteiger partial charge in [-0.05, 0) is 30.3 Å². The van der Waals surface area contributed by atoms with Gasteiger partial charge in [-0.1, -0.05) is 6.07 Å². The molecule has 0 bridgehead atoms. The third-order valence-corrected chi connectivity index (χ3v) is 2.50. The predicted molar refractivity (Wildman–Crippen MR) is 67.4 cm³/mol. The van der Waals surface area contributed by atoms with Crippen LogP contribution in [0.25, 0.3) is 0 Å². The number of ether oxygens (including phenoxy) is 1. The lowest BCUT2D eigenvalue weighted by molar-refractivity contribution is -0.0498. The summed E-state index contributed by atoms with van der Waals surface area (Å²) in [5, 5.41) is 2.21. The highest BCUT2D eigenvalue weighted by molar-refractivity contribution is 6.04. The molecule has 0 aliphatic heterocycles. The van der Waals surface area contributed by atoms with E-state index < -0.39 is 24.2 Å². The summed E-state index contributed by atoms with van der Waals surface area (Å²) < 4.78 is 54.5. The zero-order valence-corrected chi connectivity index (χ0v) is 10.4. The van der Waals surface area contributed by atoms with Crippen LogP contribution < -0.4 is 10.1 Å². The lowest BCUT2D eigenvalue weighted by Gasteiger charge is -2.08. The average molecular weight is 299 g/mol. The van der Waals surface area contributed by atoms with Crippen LogP contribution in [-0.2, 0) is 0 Å². The highest BCUT2D eigenvalue weighted by Crippen LogP contribution is 2.19. The molecule has 0 spiro atoms. The number of nitrogens with one attached hydrogen (secondary N) is 1.